The van der Waals surface area contributed by atoms with E-state index in [-0.39, 0.29) is 12.3 Å². The van der Waals surface area contributed by atoms with Crippen LogP contribution in [0.4, 0.5) is 5.69 Å². The molecule has 3 rings (SSSR count). The van der Waals surface area contributed by atoms with Crippen LogP contribution in [0.3, 0.4) is 0 Å². The fraction of sp³-hybridized carbons (Fsp3) is 0.471. The summed E-state index contributed by atoms with van der Waals surface area (Å²) in [6.45, 7) is 3.31. The van der Waals surface area contributed by atoms with Crippen LogP contribution in [0.25, 0.3) is 0 Å². The number of hydrogen-bond acceptors (Lipinski definition) is 6. The van der Waals surface area contributed by atoms with E-state index in [1.165, 1.54) is 0 Å². The summed E-state index contributed by atoms with van der Waals surface area (Å²) in [6.07, 6.45) is 3.30. The number of rotatable bonds is 6. The van der Waals surface area contributed by atoms with Crippen LogP contribution in [0.15, 0.2) is 22.7 Å². The number of carbonyl (C=O) groups is 1. The Bertz CT molecular complexity index is 699. The number of benzene rings is 1. The summed E-state index contributed by atoms with van der Waals surface area (Å²) < 4.78 is 16.3. The molecule has 1 aliphatic rings. The molecule has 0 radical (unpaired) electrons. The predicted molar refractivity (Wildman–Crippen MR) is 87.3 cm³/mol. The van der Waals surface area contributed by atoms with Crippen molar-refractivity contribution < 1.29 is 18.8 Å². The van der Waals surface area contributed by atoms with E-state index in [0.717, 1.165) is 19.3 Å². The summed E-state index contributed by atoms with van der Waals surface area (Å²) in [4.78, 5) is 16.3. The highest BCUT2D eigenvalue weighted by Gasteiger charge is 2.13. The van der Waals surface area contributed by atoms with Crippen LogP contribution in [-0.4, -0.2) is 29.3 Å². The van der Waals surface area contributed by atoms with Crippen LogP contribution < -0.4 is 14.8 Å². The molecule has 128 valence electrons. The second-order valence-corrected chi connectivity index (χ2v) is 5.61. The van der Waals surface area contributed by atoms with Crippen molar-refractivity contribution in [2.45, 2.75) is 39.0 Å². The van der Waals surface area contributed by atoms with E-state index >= 15 is 0 Å². The molecule has 7 nitrogen and oxygen atoms in total. The number of aromatic nitrogens is 2. The van der Waals surface area contributed by atoms with Crippen LogP contribution in [0.5, 0.6) is 11.5 Å². The van der Waals surface area contributed by atoms with Crippen molar-refractivity contribution in [2.75, 3.05) is 18.5 Å². The molecule has 1 aromatic carbocycles. The maximum absolute atomic E-state index is 12.1. The first-order chi connectivity index (χ1) is 11.7. The molecule has 0 atom stereocenters. The number of nitrogens with zero attached hydrogens (tertiary/aromatic N) is 2. The van der Waals surface area contributed by atoms with Gasteiger partial charge < -0.3 is 19.3 Å². The van der Waals surface area contributed by atoms with Crippen molar-refractivity contribution in [1.29, 1.82) is 0 Å². The van der Waals surface area contributed by atoms with Crippen LogP contribution in [0, 0.1) is 0 Å². The lowest BCUT2D eigenvalue weighted by Crippen LogP contribution is -2.12. The maximum Gasteiger partial charge on any atom is 0.227 e. The number of amides is 1. The Labute approximate surface area is 140 Å². The van der Waals surface area contributed by atoms with Gasteiger partial charge in [0.05, 0.1) is 13.2 Å². The topological polar surface area (TPSA) is 86.5 Å². The largest absolute Gasteiger partial charge is 0.490 e. The maximum atomic E-state index is 12.1. The molecule has 0 saturated carbocycles. The third-order valence-electron chi connectivity index (χ3n) is 3.58. The Hall–Kier alpha value is -2.57. The van der Waals surface area contributed by atoms with E-state index in [4.69, 9.17) is 14.0 Å². The minimum absolute atomic E-state index is 0.111. The van der Waals surface area contributed by atoms with E-state index < -0.39 is 0 Å². The molecule has 1 aromatic heterocycles. The fourth-order valence-corrected chi connectivity index (χ4v) is 2.40. The number of fused-ring (bicyclic) bond motifs is 1. The first kappa shape index (κ1) is 16.3. The number of ether oxygens (including phenoxy) is 2. The van der Waals surface area contributed by atoms with Gasteiger partial charge in [-0.2, -0.15) is 4.98 Å². The normalized spacial score (nSPS) is 13.4. The average molecular weight is 331 g/mol. The molecule has 24 heavy (non-hydrogen) atoms. The van der Waals surface area contributed by atoms with Crippen molar-refractivity contribution in [3.8, 4) is 11.5 Å². The second-order valence-electron chi connectivity index (χ2n) is 5.61. The van der Waals surface area contributed by atoms with Crippen molar-refractivity contribution in [2.24, 2.45) is 0 Å². The minimum Gasteiger partial charge on any atom is -0.490 e. The number of anilines is 1. The van der Waals surface area contributed by atoms with Gasteiger partial charge in [-0.05, 0) is 18.6 Å². The summed E-state index contributed by atoms with van der Waals surface area (Å²) in [5.74, 6) is 2.44. The second kappa shape index (κ2) is 7.81. The molecular weight excluding hydrogens is 310 g/mol. The highest BCUT2D eigenvalue weighted by atomic mass is 16.5. The van der Waals surface area contributed by atoms with Gasteiger partial charge in [0.25, 0.3) is 0 Å². The lowest BCUT2D eigenvalue weighted by Gasteiger charge is -2.10. The SMILES string of the molecule is CCCc1noc(CCC(=O)Nc2ccc3c(c2)OCCCO3)n1. The van der Waals surface area contributed by atoms with Crippen LogP contribution >= 0.6 is 0 Å². The van der Waals surface area contributed by atoms with Crippen molar-refractivity contribution in [1.82, 2.24) is 10.1 Å². The molecule has 0 fully saturated rings. The van der Waals surface area contributed by atoms with Crippen LogP contribution in [0.2, 0.25) is 0 Å². The first-order valence-electron chi connectivity index (χ1n) is 8.25. The Morgan fingerprint density at radius 3 is 2.88 bits per heavy atom. The number of carbonyl (C=O) groups excluding carboxylic acids is 1. The highest BCUT2D eigenvalue weighted by Crippen LogP contribution is 2.32. The van der Waals surface area contributed by atoms with Gasteiger partial charge in [-0.3, -0.25) is 4.79 Å². The molecule has 0 aliphatic carbocycles. The van der Waals surface area contributed by atoms with Crippen LogP contribution in [0.1, 0.15) is 37.9 Å². The molecule has 1 amide bonds. The Balaban J connectivity index is 1.53. The van der Waals surface area contributed by atoms with E-state index in [0.29, 0.717) is 48.5 Å². The van der Waals surface area contributed by atoms with Gasteiger partial charge in [0, 0.05) is 37.4 Å². The molecule has 1 N–H and O–H groups in total. The zero-order chi connectivity index (χ0) is 16.8. The number of hydrogen-bond donors (Lipinski definition) is 1. The fourth-order valence-electron chi connectivity index (χ4n) is 2.40. The molecule has 0 spiro atoms. The monoisotopic (exact) mass is 331 g/mol. The van der Waals surface area contributed by atoms with Gasteiger partial charge in [0.15, 0.2) is 17.3 Å². The number of aryl methyl sites for hydroxylation is 2. The third kappa shape index (κ3) is 4.24. The van der Waals surface area contributed by atoms with Crippen LogP contribution in [-0.2, 0) is 17.6 Å². The first-order valence-corrected chi connectivity index (χ1v) is 8.25. The molecule has 0 bridgehead atoms. The molecular formula is C17H21N3O4. The van der Waals surface area contributed by atoms with Crippen molar-refractivity contribution >= 4 is 11.6 Å². The molecule has 7 heteroatoms. The van der Waals surface area contributed by atoms with Crippen molar-refractivity contribution in [3.63, 3.8) is 0 Å². The minimum atomic E-state index is -0.111. The smallest absolute Gasteiger partial charge is 0.227 e. The Kier molecular flexibility index (Phi) is 5.30. The molecule has 0 unspecified atom stereocenters. The lowest BCUT2D eigenvalue weighted by atomic mass is 10.2. The average Bonchev–Trinajstić information content (AvgIpc) is 2.89. The zero-order valence-electron chi connectivity index (χ0n) is 13.7. The number of nitrogens with one attached hydrogen (secondary N) is 1. The standard InChI is InChI=1S/C17H21N3O4/c1-2-4-15-19-17(24-20-15)8-7-16(21)18-12-5-6-13-14(11-12)23-10-3-9-22-13/h5-6,11H,2-4,7-10H2,1H3,(H,18,21). The molecule has 1 aliphatic heterocycles. The van der Waals surface area contributed by atoms with Crippen molar-refractivity contribution in [3.05, 3.63) is 29.9 Å². The summed E-state index contributed by atoms with van der Waals surface area (Å²) in [5, 5.41) is 6.73. The van der Waals surface area contributed by atoms with Gasteiger partial charge in [-0.1, -0.05) is 12.1 Å². The van der Waals surface area contributed by atoms with E-state index in [1.54, 1.807) is 12.1 Å². The van der Waals surface area contributed by atoms with Gasteiger partial charge in [-0.25, -0.2) is 0 Å². The van der Waals surface area contributed by atoms with Gasteiger partial charge in [0.1, 0.15) is 0 Å². The van der Waals surface area contributed by atoms with Gasteiger partial charge in [0.2, 0.25) is 11.8 Å². The van der Waals surface area contributed by atoms with E-state index in [9.17, 15) is 4.79 Å². The Morgan fingerprint density at radius 1 is 1.21 bits per heavy atom. The lowest BCUT2D eigenvalue weighted by molar-refractivity contribution is -0.116. The summed E-state index contributed by atoms with van der Waals surface area (Å²) in [5.41, 5.74) is 0.682. The Morgan fingerprint density at radius 2 is 2.04 bits per heavy atom. The van der Waals surface area contributed by atoms with E-state index in [1.807, 2.05) is 6.07 Å². The van der Waals surface area contributed by atoms with E-state index in [2.05, 4.69) is 22.4 Å². The van der Waals surface area contributed by atoms with Gasteiger partial charge >= 0.3 is 0 Å². The molecule has 0 saturated heterocycles. The zero-order valence-corrected chi connectivity index (χ0v) is 13.7. The summed E-state index contributed by atoms with van der Waals surface area (Å²) in [6, 6.07) is 5.40. The highest BCUT2D eigenvalue weighted by molar-refractivity contribution is 5.91. The van der Waals surface area contributed by atoms with Gasteiger partial charge in [-0.15, -0.1) is 0 Å². The molecule has 2 aromatic rings. The quantitative estimate of drug-likeness (QED) is 0.876. The molecule has 2 heterocycles. The summed E-state index contributed by atoms with van der Waals surface area (Å²) in [7, 11) is 0. The predicted octanol–water partition coefficient (Wildman–Crippen LogP) is 2.75. The summed E-state index contributed by atoms with van der Waals surface area (Å²) >= 11 is 0. The third-order valence-corrected chi connectivity index (χ3v) is 3.58.